The Balaban J connectivity index is 1.49. The van der Waals surface area contributed by atoms with Gasteiger partial charge in [0.05, 0.1) is 19.3 Å². The molecule has 0 radical (unpaired) electrons. The summed E-state index contributed by atoms with van der Waals surface area (Å²) in [6.45, 7) is 0.519. The molecule has 4 N–H and O–H groups in total. The molecular formula is C25H31ClO8. The second kappa shape index (κ2) is 10.9. The molecule has 0 amide bonds. The fourth-order valence-electron chi connectivity index (χ4n) is 4.13. The lowest BCUT2D eigenvalue weighted by molar-refractivity contribution is -0.366. The SMILES string of the molecule is CO[C@@]1(c2ccc(Cl)c(Cc3ccc(OCCOC4CC4)cc3)c2)O[C@H](CO)[C@@H](O)[C@H](O)[C@H]1O. The van der Waals surface area contributed by atoms with E-state index in [0.717, 1.165) is 29.7 Å². The van der Waals surface area contributed by atoms with Crippen molar-refractivity contribution < 1.29 is 39.4 Å². The molecule has 0 aromatic heterocycles. The van der Waals surface area contributed by atoms with Crippen molar-refractivity contribution in [3.8, 4) is 5.75 Å². The molecule has 1 aliphatic heterocycles. The Kier molecular flexibility index (Phi) is 8.12. The summed E-state index contributed by atoms with van der Waals surface area (Å²) in [7, 11) is 1.32. The zero-order valence-corrected chi connectivity index (χ0v) is 19.7. The van der Waals surface area contributed by atoms with Gasteiger partial charge in [-0.15, -0.1) is 0 Å². The molecule has 0 bridgehead atoms. The quantitative estimate of drug-likeness (QED) is 0.369. The number of hydrogen-bond donors (Lipinski definition) is 4. The number of aliphatic hydroxyl groups is 4. The highest BCUT2D eigenvalue weighted by Gasteiger charge is 2.55. The van der Waals surface area contributed by atoms with E-state index in [1.54, 1.807) is 18.2 Å². The zero-order valence-electron chi connectivity index (χ0n) is 19.0. The highest BCUT2D eigenvalue weighted by molar-refractivity contribution is 6.31. The molecule has 2 aromatic rings. The molecule has 1 saturated carbocycles. The maximum absolute atomic E-state index is 10.7. The average Bonchev–Trinajstić information content (AvgIpc) is 3.68. The molecule has 2 aromatic carbocycles. The topological polar surface area (TPSA) is 118 Å². The Morgan fingerprint density at radius 2 is 1.76 bits per heavy atom. The molecule has 186 valence electrons. The minimum absolute atomic E-state index is 0.405. The highest BCUT2D eigenvalue weighted by Crippen LogP contribution is 2.40. The molecule has 8 nitrogen and oxygen atoms in total. The predicted octanol–water partition coefficient (Wildman–Crippen LogP) is 1.76. The van der Waals surface area contributed by atoms with E-state index < -0.39 is 36.8 Å². The number of hydrogen-bond acceptors (Lipinski definition) is 8. The van der Waals surface area contributed by atoms with Gasteiger partial charge in [-0.2, -0.15) is 0 Å². The van der Waals surface area contributed by atoms with E-state index in [9.17, 15) is 20.4 Å². The molecule has 9 heteroatoms. The largest absolute Gasteiger partial charge is 0.491 e. The van der Waals surface area contributed by atoms with Crippen molar-refractivity contribution in [3.05, 3.63) is 64.2 Å². The second-order valence-corrected chi connectivity index (χ2v) is 9.09. The van der Waals surface area contributed by atoms with Crippen LogP contribution in [-0.4, -0.2) is 77.9 Å². The van der Waals surface area contributed by atoms with Crippen LogP contribution in [0.5, 0.6) is 5.75 Å². The van der Waals surface area contributed by atoms with Gasteiger partial charge in [0.15, 0.2) is 0 Å². The van der Waals surface area contributed by atoms with Gasteiger partial charge >= 0.3 is 0 Å². The third-order valence-corrected chi connectivity index (χ3v) is 6.62. The Morgan fingerprint density at radius 1 is 1.03 bits per heavy atom. The molecule has 1 aliphatic carbocycles. The first-order valence-electron chi connectivity index (χ1n) is 11.4. The molecule has 4 rings (SSSR count). The molecule has 2 aliphatic rings. The summed E-state index contributed by atoms with van der Waals surface area (Å²) in [5.74, 6) is -1.03. The van der Waals surface area contributed by atoms with Gasteiger partial charge in [-0.25, -0.2) is 0 Å². The summed E-state index contributed by atoms with van der Waals surface area (Å²) in [6, 6.07) is 12.7. The fraction of sp³-hybridized carbons (Fsp3) is 0.520. The van der Waals surface area contributed by atoms with Crippen molar-refractivity contribution in [2.45, 2.75) is 55.6 Å². The monoisotopic (exact) mass is 494 g/mol. The van der Waals surface area contributed by atoms with E-state index in [2.05, 4.69) is 0 Å². The van der Waals surface area contributed by atoms with Crippen LogP contribution in [-0.2, 0) is 26.4 Å². The minimum Gasteiger partial charge on any atom is -0.491 e. The van der Waals surface area contributed by atoms with Gasteiger partial charge in [0.25, 0.3) is 0 Å². The van der Waals surface area contributed by atoms with E-state index in [0.29, 0.717) is 36.3 Å². The van der Waals surface area contributed by atoms with E-state index in [-0.39, 0.29) is 0 Å². The van der Waals surface area contributed by atoms with Gasteiger partial charge in [0.2, 0.25) is 5.79 Å². The minimum atomic E-state index is -1.79. The van der Waals surface area contributed by atoms with Gasteiger partial charge < -0.3 is 39.4 Å². The van der Waals surface area contributed by atoms with Gasteiger partial charge in [-0.1, -0.05) is 29.8 Å². The standard InChI is InChI=1S/C25H31ClO8/c1-31-25(24(30)23(29)22(28)21(14-27)34-25)17-4-9-20(26)16(13-17)12-15-2-5-18(6-3-15)32-10-11-33-19-7-8-19/h2-6,9,13,19,21-24,27-30H,7-8,10-12,14H2,1H3/t21-,22-,23+,24-,25+/m1/s1. The van der Waals surface area contributed by atoms with Gasteiger partial charge in [0, 0.05) is 17.7 Å². The van der Waals surface area contributed by atoms with Crippen molar-refractivity contribution in [2.75, 3.05) is 26.9 Å². The first-order valence-corrected chi connectivity index (χ1v) is 11.8. The van der Waals surface area contributed by atoms with Crippen LogP contribution >= 0.6 is 11.6 Å². The van der Waals surface area contributed by atoms with E-state index in [1.165, 1.54) is 7.11 Å². The number of aliphatic hydroxyl groups excluding tert-OH is 4. The molecule has 2 fully saturated rings. The van der Waals surface area contributed by atoms with Crippen molar-refractivity contribution in [2.24, 2.45) is 0 Å². The number of ether oxygens (including phenoxy) is 4. The molecule has 1 saturated heterocycles. The van der Waals surface area contributed by atoms with Gasteiger partial charge in [-0.3, -0.25) is 0 Å². The Morgan fingerprint density at radius 3 is 2.41 bits per heavy atom. The Labute approximate surface area is 203 Å². The maximum atomic E-state index is 10.7. The van der Waals surface area contributed by atoms with Crippen LogP contribution in [0, 0.1) is 0 Å². The average molecular weight is 495 g/mol. The van der Waals surface area contributed by atoms with Crippen LogP contribution in [0.4, 0.5) is 0 Å². The molecule has 0 spiro atoms. The van der Waals surface area contributed by atoms with Crippen molar-refractivity contribution in [1.29, 1.82) is 0 Å². The third-order valence-electron chi connectivity index (χ3n) is 6.25. The summed E-state index contributed by atoms with van der Waals surface area (Å²) in [4.78, 5) is 0. The lowest BCUT2D eigenvalue weighted by Gasteiger charge is -2.47. The van der Waals surface area contributed by atoms with Crippen LogP contribution < -0.4 is 4.74 Å². The smallest absolute Gasteiger partial charge is 0.224 e. The second-order valence-electron chi connectivity index (χ2n) is 8.68. The normalized spacial score (nSPS) is 29.2. The fourth-order valence-corrected chi connectivity index (χ4v) is 4.31. The van der Waals surface area contributed by atoms with E-state index >= 15 is 0 Å². The summed E-state index contributed by atoms with van der Waals surface area (Å²) in [6.07, 6.45) is -2.60. The van der Waals surface area contributed by atoms with Gasteiger partial charge in [-0.05, 0) is 54.7 Å². The number of halogens is 1. The highest BCUT2D eigenvalue weighted by atomic mass is 35.5. The summed E-state index contributed by atoms with van der Waals surface area (Å²) < 4.78 is 22.6. The zero-order chi connectivity index (χ0) is 24.3. The lowest BCUT2D eigenvalue weighted by Crippen LogP contribution is -2.64. The predicted molar refractivity (Wildman–Crippen MR) is 124 cm³/mol. The van der Waals surface area contributed by atoms with Crippen LogP contribution in [0.2, 0.25) is 5.02 Å². The van der Waals surface area contributed by atoms with Gasteiger partial charge in [0.1, 0.15) is 36.8 Å². The van der Waals surface area contributed by atoms with Crippen molar-refractivity contribution in [1.82, 2.24) is 0 Å². The molecule has 5 atom stereocenters. The van der Waals surface area contributed by atoms with Crippen LogP contribution in [0.1, 0.15) is 29.5 Å². The van der Waals surface area contributed by atoms with Crippen LogP contribution in [0.15, 0.2) is 42.5 Å². The lowest BCUT2D eigenvalue weighted by atomic mass is 9.87. The molecule has 1 heterocycles. The van der Waals surface area contributed by atoms with Crippen molar-refractivity contribution >= 4 is 11.6 Å². The van der Waals surface area contributed by atoms with E-state index in [4.69, 9.17) is 30.5 Å². The van der Waals surface area contributed by atoms with E-state index in [1.807, 2.05) is 24.3 Å². The number of rotatable bonds is 10. The Bertz CT molecular complexity index is 948. The third kappa shape index (κ3) is 5.40. The number of benzene rings is 2. The maximum Gasteiger partial charge on any atom is 0.224 e. The summed E-state index contributed by atoms with van der Waals surface area (Å²) in [5.41, 5.74) is 2.14. The molecule has 34 heavy (non-hydrogen) atoms. The number of methoxy groups -OCH3 is 1. The first kappa shape index (κ1) is 25.3. The van der Waals surface area contributed by atoms with Crippen LogP contribution in [0.3, 0.4) is 0 Å². The van der Waals surface area contributed by atoms with Crippen LogP contribution in [0.25, 0.3) is 0 Å². The Hall–Kier alpha value is -1.75. The molecular weight excluding hydrogens is 464 g/mol. The molecule has 0 unspecified atom stereocenters. The first-order chi connectivity index (χ1) is 16.4. The summed E-state index contributed by atoms with van der Waals surface area (Å²) in [5, 5.41) is 41.3. The summed E-state index contributed by atoms with van der Waals surface area (Å²) >= 11 is 6.45. The van der Waals surface area contributed by atoms with Crippen molar-refractivity contribution in [3.63, 3.8) is 0 Å².